The first-order valence-electron chi connectivity index (χ1n) is 8.89. The van der Waals surface area contributed by atoms with Gasteiger partial charge >= 0.3 is 6.03 Å². The maximum absolute atomic E-state index is 12.2. The lowest BCUT2D eigenvalue weighted by Crippen LogP contribution is -2.40. The fourth-order valence-corrected chi connectivity index (χ4v) is 3.76. The molecule has 1 atom stereocenters. The van der Waals surface area contributed by atoms with Gasteiger partial charge in [-0.25, -0.2) is 4.79 Å². The molecule has 2 fully saturated rings. The molecule has 5 nitrogen and oxygen atoms in total. The minimum absolute atomic E-state index is 0.116. The third-order valence-corrected chi connectivity index (χ3v) is 5.08. The molecule has 0 radical (unpaired) electrons. The number of imide groups is 1. The van der Waals surface area contributed by atoms with E-state index in [1.165, 1.54) is 23.3 Å². The predicted molar refractivity (Wildman–Crippen MR) is 93.7 cm³/mol. The maximum Gasteiger partial charge on any atom is 0.325 e. The van der Waals surface area contributed by atoms with Crippen molar-refractivity contribution in [3.63, 3.8) is 0 Å². The van der Waals surface area contributed by atoms with Crippen LogP contribution in [0.3, 0.4) is 0 Å². The van der Waals surface area contributed by atoms with Crippen molar-refractivity contribution in [2.45, 2.75) is 51.1 Å². The molecule has 5 heteroatoms. The van der Waals surface area contributed by atoms with Gasteiger partial charge in [-0.3, -0.25) is 14.6 Å². The summed E-state index contributed by atoms with van der Waals surface area (Å²) in [5.41, 5.74) is 0.617. The molecule has 0 aliphatic carbocycles. The van der Waals surface area contributed by atoms with E-state index in [9.17, 15) is 9.59 Å². The summed E-state index contributed by atoms with van der Waals surface area (Å²) in [5.74, 6) is -0.116. The Labute approximate surface area is 144 Å². The standard InChI is InChI=1S/C19H27N3O2/c1-19(2)17(23)22(18(24)20-19)13-7-12-21-11-6-10-16(21)14-15-8-4-3-5-9-15/h3-5,8-9,16H,6-7,10-14H2,1-2H3,(H,20,24). The van der Waals surface area contributed by atoms with Gasteiger partial charge in [0.05, 0.1) is 0 Å². The van der Waals surface area contributed by atoms with Crippen LogP contribution < -0.4 is 5.32 Å². The van der Waals surface area contributed by atoms with E-state index in [2.05, 4.69) is 40.5 Å². The molecule has 3 amide bonds. The number of hydrogen-bond acceptors (Lipinski definition) is 3. The van der Waals surface area contributed by atoms with Crippen LogP contribution in [0.15, 0.2) is 30.3 Å². The molecule has 0 aromatic heterocycles. The van der Waals surface area contributed by atoms with Crippen LogP contribution in [0.1, 0.15) is 38.7 Å². The van der Waals surface area contributed by atoms with Crippen molar-refractivity contribution in [1.82, 2.24) is 15.1 Å². The Bertz CT molecular complexity index is 600. The number of carbonyl (C=O) groups excluding carboxylic acids is 2. The molecule has 1 N–H and O–H groups in total. The molecule has 0 saturated carbocycles. The number of likely N-dealkylation sites (tertiary alicyclic amines) is 1. The van der Waals surface area contributed by atoms with Crippen molar-refractivity contribution < 1.29 is 9.59 Å². The van der Waals surface area contributed by atoms with E-state index in [1.54, 1.807) is 13.8 Å². The largest absolute Gasteiger partial charge is 0.325 e. The number of rotatable bonds is 6. The molecule has 130 valence electrons. The molecule has 0 spiro atoms. The Morgan fingerprint density at radius 3 is 2.58 bits per heavy atom. The zero-order valence-electron chi connectivity index (χ0n) is 14.6. The van der Waals surface area contributed by atoms with Gasteiger partial charge in [-0.15, -0.1) is 0 Å². The highest BCUT2D eigenvalue weighted by atomic mass is 16.2. The second kappa shape index (κ2) is 6.93. The van der Waals surface area contributed by atoms with E-state index in [-0.39, 0.29) is 11.9 Å². The summed E-state index contributed by atoms with van der Waals surface area (Å²) in [6, 6.07) is 10.9. The van der Waals surface area contributed by atoms with Gasteiger partial charge in [0.25, 0.3) is 5.91 Å². The second-order valence-electron chi connectivity index (χ2n) is 7.39. The normalized spacial score (nSPS) is 23.8. The van der Waals surface area contributed by atoms with Crippen molar-refractivity contribution in [3.05, 3.63) is 35.9 Å². The van der Waals surface area contributed by atoms with Crippen molar-refractivity contribution in [2.24, 2.45) is 0 Å². The summed E-state index contributed by atoms with van der Waals surface area (Å²) in [4.78, 5) is 28.0. The number of nitrogens with zero attached hydrogens (tertiary/aromatic N) is 2. The van der Waals surface area contributed by atoms with E-state index in [0.29, 0.717) is 12.6 Å². The average molecular weight is 329 g/mol. The summed E-state index contributed by atoms with van der Waals surface area (Å²) in [7, 11) is 0. The van der Waals surface area contributed by atoms with E-state index in [0.717, 1.165) is 25.9 Å². The second-order valence-corrected chi connectivity index (χ2v) is 7.39. The molecule has 2 aliphatic heterocycles. The molecule has 2 saturated heterocycles. The Morgan fingerprint density at radius 1 is 1.17 bits per heavy atom. The van der Waals surface area contributed by atoms with Gasteiger partial charge in [-0.2, -0.15) is 0 Å². The van der Waals surface area contributed by atoms with E-state index in [1.807, 2.05) is 0 Å². The van der Waals surface area contributed by atoms with Crippen molar-refractivity contribution in [2.75, 3.05) is 19.6 Å². The first-order valence-corrected chi connectivity index (χ1v) is 8.89. The van der Waals surface area contributed by atoms with Crippen LogP contribution in [0.2, 0.25) is 0 Å². The van der Waals surface area contributed by atoms with E-state index >= 15 is 0 Å². The number of carbonyl (C=O) groups is 2. The van der Waals surface area contributed by atoms with Crippen molar-refractivity contribution in [3.8, 4) is 0 Å². The number of amides is 3. The van der Waals surface area contributed by atoms with Gasteiger partial charge < -0.3 is 5.32 Å². The third kappa shape index (κ3) is 3.61. The molecule has 3 rings (SSSR count). The van der Waals surface area contributed by atoms with Gasteiger partial charge in [0.1, 0.15) is 5.54 Å². The quantitative estimate of drug-likeness (QED) is 0.816. The van der Waals surface area contributed by atoms with Crippen LogP contribution in [0.5, 0.6) is 0 Å². The molecular weight excluding hydrogens is 302 g/mol. The highest BCUT2D eigenvalue weighted by Crippen LogP contribution is 2.22. The van der Waals surface area contributed by atoms with Crippen LogP contribution in [0.4, 0.5) is 4.79 Å². The maximum atomic E-state index is 12.2. The number of nitrogens with one attached hydrogen (secondary N) is 1. The molecule has 2 aliphatic rings. The molecule has 2 heterocycles. The van der Waals surface area contributed by atoms with Crippen molar-refractivity contribution >= 4 is 11.9 Å². The highest BCUT2D eigenvalue weighted by Gasteiger charge is 2.43. The van der Waals surface area contributed by atoms with Crippen LogP contribution >= 0.6 is 0 Å². The lowest BCUT2D eigenvalue weighted by Gasteiger charge is -2.25. The Morgan fingerprint density at radius 2 is 1.92 bits per heavy atom. The summed E-state index contributed by atoms with van der Waals surface area (Å²) in [6.07, 6.45) is 4.37. The molecule has 1 unspecified atom stereocenters. The van der Waals surface area contributed by atoms with Gasteiger partial charge in [-0.1, -0.05) is 30.3 Å². The molecule has 1 aromatic carbocycles. The summed E-state index contributed by atoms with van der Waals surface area (Å²) in [6.45, 7) is 6.06. The van der Waals surface area contributed by atoms with Crippen LogP contribution in [0, 0.1) is 0 Å². The van der Waals surface area contributed by atoms with E-state index < -0.39 is 5.54 Å². The molecular formula is C19H27N3O2. The topological polar surface area (TPSA) is 52.7 Å². The highest BCUT2D eigenvalue weighted by molar-refractivity contribution is 6.06. The minimum Gasteiger partial charge on any atom is -0.324 e. The average Bonchev–Trinajstić information content (AvgIpc) is 3.05. The SMILES string of the molecule is CC1(C)NC(=O)N(CCCN2CCCC2Cc2ccccc2)C1=O. The van der Waals surface area contributed by atoms with Crippen LogP contribution in [-0.4, -0.2) is 53.0 Å². The van der Waals surface area contributed by atoms with Gasteiger partial charge in [0.15, 0.2) is 0 Å². The molecule has 0 bridgehead atoms. The Balaban J connectivity index is 1.49. The molecule has 24 heavy (non-hydrogen) atoms. The molecule has 1 aromatic rings. The predicted octanol–water partition coefficient (Wildman–Crippen LogP) is 2.41. The van der Waals surface area contributed by atoms with E-state index in [4.69, 9.17) is 0 Å². The zero-order chi connectivity index (χ0) is 17.2. The van der Waals surface area contributed by atoms with Crippen molar-refractivity contribution in [1.29, 1.82) is 0 Å². The van der Waals surface area contributed by atoms with Gasteiger partial charge in [0.2, 0.25) is 0 Å². The van der Waals surface area contributed by atoms with Crippen LogP contribution in [0.25, 0.3) is 0 Å². The zero-order valence-corrected chi connectivity index (χ0v) is 14.6. The number of urea groups is 1. The monoisotopic (exact) mass is 329 g/mol. The number of hydrogen-bond donors (Lipinski definition) is 1. The Kier molecular flexibility index (Phi) is 4.90. The fourth-order valence-electron chi connectivity index (χ4n) is 3.76. The first kappa shape index (κ1) is 17.0. The Hall–Kier alpha value is -1.88. The lowest BCUT2D eigenvalue weighted by molar-refractivity contribution is -0.130. The lowest BCUT2D eigenvalue weighted by atomic mass is 10.0. The van der Waals surface area contributed by atoms with Crippen LogP contribution in [-0.2, 0) is 11.2 Å². The summed E-state index contributed by atoms with van der Waals surface area (Å²) in [5, 5.41) is 2.74. The first-order chi connectivity index (χ1) is 11.5. The fraction of sp³-hybridized carbons (Fsp3) is 0.579. The number of benzene rings is 1. The third-order valence-electron chi connectivity index (χ3n) is 5.08. The van der Waals surface area contributed by atoms with Gasteiger partial charge in [-0.05, 0) is 51.6 Å². The summed E-state index contributed by atoms with van der Waals surface area (Å²) < 4.78 is 0. The van der Waals surface area contributed by atoms with Gasteiger partial charge in [0, 0.05) is 19.1 Å². The minimum atomic E-state index is -0.763. The smallest absolute Gasteiger partial charge is 0.324 e. The summed E-state index contributed by atoms with van der Waals surface area (Å²) >= 11 is 0.